The molecule has 0 aromatic heterocycles. The van der Waals surface area contributed by atoms with Gasteiger partial charge in [0.2, 0.25) is 0 Å². The van der Waals surface area contributed by atoms with E-state index < -0.39 is 10.4 Å². The fourth-order valence-corrected chi connectivity index (χ4v) is 0.672. The summed E-state index contributed by atoms with van der Waals surface area (Å²) in [5, 5.41) is 0. The molecule has 0 unspecified atom stereocenters. The molecule has 0 aliphatic rings. The second-order valence-electron chi connectivity index (χ2n) is 2.36. The zero-order chi connectivity index (χ0) is 11.7. The van der Waals surface area contributed by atoms with Gasteiger partial charge in [-0.1, -0.05) is 30.9 Å². The second-order valence-corrected chi connectivity index (χ2v) is 3.26. The number of benzene rings is 1. The topological polar surface area (TPSA) is 83.8 Å². The van der Waals surface area contributed by atoms with E-state index in [1.807, 2.05) is 30.3 Å². The quantitative estimate of drug-likeness (QED) is 0.478. The monoisotopic (exact) mass is 256 g/mol. The molecule has 0 atom stereocenters. The van der Waals surface area contributed by atoms with Crippen LogP contribution in [0.3, 0.4) is 0 Å². The number of hydrogen-bond acceptors (Lipinski definition) is 3. The average molecular weight is 256 g/mol. The summed E-state index contributed by atoms with van der Waals surface area (Å²) >= 11 is 0. The predicted molar refractivity (Wildman–Crippen MR) is 63.5 cm³/mol. The molecular weight excluding hydrogens is 243 g/mol. The number of para-hydroxylation sites is 1. The van der Waals surface area contributed by atoms with E-state index in [1.54, 1.807) is 6.08 Å². The Morgan fingerprint density at radius 2 is 1.69 bits per heavy atom. The molecule has 0 aliphatic heterocycles. The standard InChI is InChI=1S/C9H10O.Na.H2O4S.H/c1-2-8-10-9-6-4-3-5-7-9;;1-5(2,3)4;/h2-7H,1,8H2;;(H2,1,2,3,4);. The van der Waals surface area contributed by atoms with E-state index in [9.17, 15) is 0 Å². The van der Waals surface area contributed by atoms with E-state index in [0.717, 1.165) is 5.75 Å². The second kappa shape index (κ2) is 9.83. The van der Waals surface area contributed by atoms with Crippen LogP contribution in [0.15, 0.2) is 43.0 Å². The van der Waals surface area contributed by atoms with Crippen molar-refractivity contribution in [2.24, 2.45) is 0 Å². The van der Waals surface area contributed by atoms with E-state index in [1.165, 1.54) is 0 Å². The molecule has 0 bridgehead atoms. The first-order valence-corrected chi connectivity index (χ1v) is 5.32. The third kappa shape index (κ3) is 16.1. The molecule has 0 fully saturated rings. The summed E-state index contributed by atoms with van der Waals surface area (Å²) < 4.78 is 36.8. The van der Waals surface area contributed by atoms with Crippen molar-refractivity contribution in [3.05, 3.63) is 43.0 Å². The summed E-state index contributed by atoms with van der Waals surface area (Å²) in [4.78, 5) is 0. The first-order valence-electron chi connectivity index (χ1n) is 3.92. The van der Waals surface area contributed by atoms with Gasteiger partial charge in [-0.05, 0) is 12.1 Å². The SMILES string of the molecule is C=CCOc1ccccc1.O=S(=O)(O)O.[NaH]. The minimum absolute atomic E-state index is 0. The van der Waals surface area contributed by atoms with Crippen molar-refractivity contribution >= 4 is 40.0 Å². The molecule has 86 valence electrons. The van der Waals surface area contributed by atoms with Crippen LogP contribution in [-0.4, -0.2) is 53.7 Å². The summed E-state index contributed by atoms with van der Waals surface area (Å²) in [6.07, 6.45) is 1.73. The van der Waals surface area contributed by atoms with Crippen LogP contribution in [0.25, 0.3) is 0 Å². The molecule has 5 nitrogen and oxygen atoms in total. The van der Waals surface area contributed by atoms with Gasteiger partial charge in [-0.2, -0.15) is 8.42 Å². The summed E-state index contributed by atoms with van der Waals surface area (Å²) in [7, 11) is -4.67. The van der Waals surface area contributed by atoms with Gasteiger partial charge >= 0.3 is 40.0 Å². The van der Waals surface area contributed by atoms with Gasteiger partial charge in [0.15, 0.2) is 0 Å². The van der Waals surface area contributed by atoms with E-state index in [0.29, 0.717) is 6.61 Å². The van der Waals surface area contributed by atoms with Crippen LogP contribution in [0.2, 0.25) is 0 Å². The van der Waals surface area contributed by atoms with Gasteiger partial charge in [-0.15, -0.1) is 0 Å². The van der Waals surface area contributed by atoms with Crippen LogP contribution in [0.5, 0.6) is 5.75 Å². The van der Waals surface area contributed by atoms with Crippen molar-refractivity contribution in [1.82, 2.24) is 0 Å². The van der Waals surface area contributed by atoms with Gasteiger partial charge in [0.05, 0.1) is 0 Å². The molecule has 1 aromatic rings. The Bertz CT molecular complexity index is 368. The Hall–Kier alpha value is -0.370. The molecule has 0 spiro atoms. The number of ether oxygens (including phenoxy) is 1. The van der Waals surface area contributed by atoms with Crippen LogP contribution in [0.1, 0.15) is 0 Å². The molecule has 7 heteroatoms. The van der Waals surface area contributed by atoms with Gasteiger partial charge in [0.25, 0.3) is 0 Å². The molecule has 0 radical (unpaired) electrons. The molecule has 0 saturated heterocycles. The van der Waals surface area contributed by atoms with Crippen molar-refractivity contribution in [1.29, 1.82) is 0 Å². The summed E-state index contributed by atoms with van der Waals surface area (Å²) in [5.41, 5.74) is 0. The van der Waals surface area contributed by atoms with Crippen LogP contribution in [0, 0.1) is 0 Å². The molecule has 1 aromatic carbocycles. The summed E-state index contributed by atoms with van der Waals surface area (Å²) in [6, 6.07) is 9.69. The fraction of sp³-hybridized carbons (Fsp3) is 0.111. The van der Waals surface area contributed by atoms with Crippen LogP contribution in [-0.2, 0) is 10.4 Å². The molecule has 0 aliphatic carbocycles. The first-order chi connectivity index (χ1) is 6.93. The van der Waals surface area contributed by atoms with Crippen molar-refractivity contribution in [3.63, 3.8) is 0 Å². The van der Waals surface area contributed by atoms with Gasteiger partial charge in [0.1, 0.15) is 12.4 Å². The predicted octanol–water partition coefficient (Wildman–Crippen LogP) is 0.950. The van der Waals surface area contributed by atoms with Gasteiger partial charge < -0.3 is 4.74 Å². The van der Waals surface area contributed by atoms with Crippen molar-refractivity contribution in [3.8, 4) is 5.75 Å². The number of rotatable bonds is 3. The molecule has 1 rings (SSSR count). The third-order valence-corrected chi connectivity index (χ3v) is 1.11. The van der Waals surface area contributed by atoms with Gasteiger partial charge in [-0.3, -0.25) is 9.11 Å². The molecular formula is C9H13NaO5S. The normalized spacial score (nSPS) is 9.12. The zero-order valence-corrected chi connectivity index (χ0v) is 8.72. The zero-order valence-electron chi connectivity index (χ0n) is 7.91. The molecule has 0 heterocycles. The van der Waals surface area contributed by atoms with Crippen LogP contribution in [0.4, 0.5) is 0 Å². The van der Waals surface area contributed by atoms with Crippen molar-refractivity contribution in [2.75, 3.05) is 6.61 Å². The Morgan fingerprint density at radius 1 is 1.25 bits per heavy atom. The summed E-state index contributed by atoms with van der Waals surface area (Å²) in [6.45, 7) is 4.12. The Balaban J connectivity index is 0. The molecule has 2 N–H and O–H groups in total. The van der Waals surface area contributed by atoms with E-state index in [2.05, 4.69) is 6.58 Å². The fourth-order valence-electron chi connectivity index (χ4n) is 0.672. The Labute approximate surface area is 117 Å². The van der Waals surface area contributed by atoms with Gasteiger partial charge in [0, 0.05) is 0 Å². The average Bonchev–Trinajstić information content (AvgIpc) is 2.14. The Morgan fingerprint density at radius 3 is 2.06 bits per heavy atom. The maximum absolute atomic E-state index is 8.74. The van der Waals surface area contributed by atoms with Crippen LogP contribution < -0.4 is 4.74 Å². The third-order valence-electron chi connectivity index (χ3n) is 1.11. The van der Waals surface area contributed by atoms with Crippen molar-refractivity contribution in [2.45, 2.75) is 0 Å². The van der Waals surface area contributed by atoms with Crippen LogP contribution >= 0.6 is 0 Å². The van der Waals surface area contributed by atoms with E-state index in [-0.39, 0.29) is 29.6 Å². The molecule has 0 saturated carbocycles. The van der Waals surface area contributed by atoms with Gasteiger partial charge in [-0.25, -0.2) is 0 Å². The summed E-state index contributed by atoms with van der Waals surface area (Å²) in [5.74, 6) is 0.891. The van der Waals surface area contributed by atoms with E-state index in [4.69, 9.17) is 22.3 Å². The molecule has 0 amide bonds. The van der Waals surface area contributed by atoms with E-state index >= 15 is 0 Å². The Kier molecular flexibility index (Phi) is 11.1. The van der Waals surface area contributed by atoms with Crippen molar-refractivity contribution < 1.29 is 22.3 Å². The minimum atomic E-state index is -4.67. The molecule has 16 heavy (non-hydrogen) atoms. The maximum atomic E-state index is 8.74. The number of hydrogen-bond donors (Lipinski definition) is 2. The first kappa shape index (κ1) is 18.0.